The first-order valence-electron chi connectivity index (χ1n) is 6.19. The van der Waals surface area contributed by atoms with Gasteiger partial charge in [-0.25, -0.2) is 9.38 Å². The molecule has 1 aromatic carbocycles. The lowest BCUT2D eigenvalue weighted by Crippen LogP contribution is -2.46. The molecule has 1 heterocycles. The highest BCUT2D eigenvalue weighted by atomic mass is 19.1. The van der Waals surface area contributed by atoms with Crippen LogP contribution in [0.5, 0.6) is 0 Å². The second-order valence-electron chi connectivity index (χ2n) is 5.77. The van der Waals surface area contributed by atoms with Crippen LogP contribution in [0.4, 0.5) is 4.39 Å². The highest BCUT2D eigenvalue weighted by Gasteiger charge is 2.31. The number of carbonyl (C=O) groups excluding carboxylic acids is 1. The number of hydrogen-bond donors (Lipinski definition) is 2. The van der Waals surface area contributed by atoms with E-state index in [1.807, 2.05) is 27.7 Å². The van der Waals surface area contributed by atoms with Crippen LogP contribution in [-0.4, -0.2) is 17.4 Å². The molecule has 0 bridgehead atoms. The molecule has 2 N–H and O–H groups in total. The van der Waals surface area contributed by atoms with Crippen molar-refractivity contribution in [3.05, 3.63) is 35.1 Å². The first-order valence-corrected chi connectivity index (χ1v) is 6.19. The number of hydrogen-bond acceptors (Lipinski definition) is 3. The zero-order chi connectivity index (χ0) is 14.2. The van der Waals surface area contributed by atoms with Crippen LogP contribution in [0.25, 0.3) is 0 Å². The molecular formula is C14H18FN3O. The molecule has 0 saturated heterocycles. The molecule has 1 aliphatic heterocycles. The minimum atomic E-state index is -0.815. The van der Waals surface area contributed by atoms with Gasteiger partial charge in [-0.05, 0) is 33.8 Å². The van der Waals surface area contributed by atoms with E-state index in [0.29, 0.717) is 11.5 Å². The Hall–Kier alpha value is -1.91. The number of amides is 1. The van der Waals surface area contributed by atoms with Crippen LogP contribution < -0.4 is 10.6 Å². The summed E-state index contributed by atoms with van der Waals surface area (Å²) in [6, 6.07) is 3.87. The molecule has 102 valence electrons. The van der Waals surface area contributed by atoms with E-state index in [4.69, 9.17) is 0 Å². The van der Waals surface area contributed by atoms with Crippen LogP contribution in [0.3, 0.4) is 0 Å². The minimum absolute atomic E-state index is 0.216. The van der Waals surface area contributed by atoms with Crippen molar-refractivity contribution in [1.29, 1.82) is 0 Å². The van der Waals surface area contributed by atoms with E-state index >= 15 is 0 Å². The summed E-state index contributed by atoms with van der Waals surface area (Å²) < 4.78 is 13.8. The first kappa shape index (κ1) is 13.5. The van der Waals surface area contributed by atoms with Crippen molar-refractivity contribution in [2.45, 2.75) is 39.3 Å². The summed E-state index contributed by atoms with van der Waals surface area (Å²) in [5.74, 6) is -0.328. The molecule has 0 radical (unpaired) electrons. The van der Waals surface area contributed by atoms with Crippen molar-refractivity contribution < 1.29 is 9.18 Å². The Kier molecular flexibility index (Phi) is 3.30. The number of rotatable bonds is 1. The number of halogens is 1. The molecule has 1 aliphatic rings. The van der Waals surface area contributed by atoms with Crippen molar-refractivity contribution in [2.75, 3.05) is 0 Å². The number of aliphatic imine (C=N–C) groups is 1. The van der Waals surface area contributed by atoms with Gasteiger partial charge in [-0.15, -0.1) is 0 Å². The van der Waals surface area contributed by atoms with Crippen LogP contribution in [0.15, 0.2) is 23.2 Å². The summed E-state index contributed by atoms with van der Waals surface area (Å²) in [4.78, 5) is 16.1. The first-order chi connectivity index (χ1) is 8.76. The fourth-order valence-corrected chi connectivity index (χ4v) is 1.91. The third kappa shape index (κ3) is 3.10. The Labute approximate surface area is 112 Å². The van der Waals surface area contributed by atoms with Crippen molar-refractivity contribution in [1.82, 2.24) is 10.6 Å². The van der Waals surface area contributed by atoms with Crippen molar-refractivity contribution in [2.24, 2.45) is 4.99 Å². The molecule has 1 atom stereocenters. The van der Waals surface area contributed by atoms with Gasteiger partial charge in [-0.1, -0.05) is 17.7 Å². The van der Waals surface area contributed by atoms with Gasteiger partial charge in [0.2, 0.25) is 0 Å². The standard InChI is InChI=1S/C14H18FN3O/c1-8-5-6-10(15)9(7-8)11-12(19)17-13(16-11)18-14(2,3)4/h5-7,11H,1-4H3,(H2,16,17,18,19). The number of carbonyl (C=O) groups is 1. The van der Waals surface area contributed by atoms with Gasteiger partial charge < -0.3 is 5.32 Å². The molecule has 2 rings (SSSR count). The van der Waals surface area contributed by atoms with E-state index in [0.717, 1.165) is 5.56 Å². The van der Waals surface area contributed by atoms with E-state index < -0.39 is 11.9 Å². The molecular weight excluding hydrogens is 245 g/mol. The summed E-state index contributed by atoms with van der Waals surface area (Å²) >= 11 is 0. The Morgan fingerprint density at radius 3 is 2.68 bits per heavy atom. The van der Waals surface area contributed by atoms with Gasteiger partial charge >= 0.3 is 0 Å². The summed E-state index contributed by atoms with van der Waals surface area (Å²) in [7, 11) is 0. The highest BCUT2D eigenvalue weighted by Crippen LogP contribution is 2.25. The molecule has 1 unspecified atom stereocenters. The lowest BCUT2D eigenvalue weighted by molar-refractivity contribution is -0.120. The second-order valence-corrected chi connectivity index (χ2v) is 5.77. The summed E-state index contributed by atoms with van der Waals surface area (Å²) in [6.45, 7) is 7.74. The lowest BCUT2D eigenvalue weighted by Gasteiger charge is -2.21. The number of nitrogens with zero attached hydrogens (tertiary/aromatic N) is 1. The van der Waals surface area contributed by atoms with Gasteiger partial charge in [0.15, 0.2) is 12.0 Å². The van der Waals surface area contributed by atoms with Crippen molar-refractivity contribution in [3.63, 3.8) is 0 Å². The average Bonchev–Trinajstić information content (AvgIpc) is 2.60. The van der Waals surface area contributed by atoms with Crippen LogP contribution in [-0.2, 0) is 4.79 Å². The number of aryl methyl sites for hydroxylation is 1. The van der Waals surface area contributed by atoms with Gasteiger partial charge in [0, 0.05) is 11.1 Å². The number of nitrogens with one attached hydrogen (secondary N) is 2. The van der Waals surface area contributed by atoms with E-state index in [-0.39, 0.29) is 11.4 Å². The van der Waals surface area contributed by atoms with Gasteiger partial charge in [0.05, 0.1) is 0 Å². The van der Waals surface area contributed by atoms with E-state index in [1.165, 1.54) is 6.07 Å². The van der Waals surface area contributed by atoms with Gasteiger partial charge in [0.25, 0.3) is 5.91 Å². The third-order valence-corrected chi connectivity index (χ3v) is 2.69. The Morgan fingerprint density at radius 2 is 2.05 bits per heavy atom. The summed E-state index contributed by atoms with van der Waals surface area (Å²) in [5, 5.41) is 5.72. The summed E-state index contributed by atoms with van der Waals surface area (Å²) in [6.07, 6.45) is 0. The molecule has 19 heavy (non-hydrogen) atoms. The van der Waals surface area contributed by atoms with Gasteiger partial charge in [0.1, 0.15) is 5.82 Å². The van der Waals surface area contributed by atoms with Crippen LogP contribution in [0.1, 0.15) is 37.9 Å². The highest BCUT2D eigenvalue weighted by molar-refractivity contribution is 6.05. The molecule has 1 aromatic rings. The molecule has 4 nitrogen and oxygen atoms in total. The maximum absolute atomic E-state index is 13.8. The molecule has 0 fully saturated rings. The molecule has 0 aromatic heterocycles. The lowest BCUT2D eigenvalue weighted by atomic mass is 10.0. The Bertz CT molecular complexity index is 546. The molecule has 1 amide bonds. The fraction of sp³-hybridized carbons (Fsp3) is 0.429. The predicted octanol–water partition coefficient (Wildman–Crippen LogP) is 2.05. The van der Waals surface area contributed by atoms with Crippen LogP contribution in [0.2, 0.25) is 0 Å². The monoisotopic (exact) mass is 263 g/mol. The van der Waals surface area contributed by atoms with E-state index in [1.54, 1.807) is 12.1 Å². The predicted molar refractivity (Wildman–Crippen MR) is 72.3 cm³/mol. The maximum atomic E-state index is 13.8. The van der Waals surface area contributed by atoms with E-state index in [2.05, 4.69) is 15.6 Å². The number of guanidine groups is 1. The quantitative estimate of drug-likeness (QED) is 0.814. The third-order valence-electron chi connectivity index (χ3n) is 2.69. The smallest absolute Gasteiger partial charge is 0.256 e. The fourth-order valence-electron chi connectivity index (χ4n) is 1.91. The molecule has 0 spiro atoms. The Balaban J connectivity index is 2.30. The SMILES string of the molecule is Cc1ccc(F)c(C2N=C(NC(C)(C)C)NC2=O)c1. The largest absolute Gasteiger partial charge is 0.351 e. The average molecular weight is 263 g/mol. The number of benzene rings is 1. The molecule has 0 saturated carbocycles. The normalized spacial score (nSPS) is 19.1. The van der Waals surface area contributed by atoms with Crippen LogP contribution >= 0.6 is 0 Å². The zero-order valence-electron chi connectivity index (χ0n) is 11.5. The van der Waals surface area contributed by atoms with Gasteiger partial charge in [-0.2, -0.15) is 0 Å². The van der Waals surface area contributed by atoms with E-state index in [9.17, 15) is 9.18 Å². The maximum Gasteiger partial charge on any atom is 0.256 e. The van der Waals surface area contributed by atoms with Crippen molar-refractivity contribution in [3.8, 4) is 0 Å². The summed E-state index contributed by atoms with van der Waals surface area (Å²) in [5.41, 5.74) is 0.992. The minimum Gasteiger partial charge on any atom is -0.351 e. The molecule has 0 aliphatic carbocycles. The Morgan fingerprint density at radius 1 is 1.37 bits per heavy atom. The topological polar surface area (TPSA) is 53.5 Å². The van der Waals surface area contributed by atoms with Gasteiger partial charge in [-0.3, -0.25) is 10.1 Å². The second kappa shape index (κ2) is 4.64. The van der Waals surface area contributed by atoms with Crippen LogP contribution in [0, 0.1) is 12.7 Å². The molecule has 5 heteroatoms. The van der Waals surface area contributed by atoms with Crippen molar-refractivity contribution >= 4 is 11.9 Å². The zero-order valence-corrected chi connectivity index (χ0v) is 11.5.